The van der Waals surface area contributed by atoms with Crippen molar-refractivity contribution in [2.75, 3.05) is 40.0 Å². The second-order valence-electron chi connectivity index (χ2n) is 16.2. The Balaban J connectivity index is 1.17. The van der Waals surface area contributed by atoms with Crippen molar-refractivity contribution < 1.29 is 46.5 Å². The molecule has 4 heterocycles. The number of fused-ring (bicyclic) bond motifs is 5. The topological polar surface area (TPSA) is 195 Å². The first kappa shape index (κ1) is 39.9. The van der Waals surface area contributed by atoms with Crippen LogP contribution in [0.4, 0.5) is 4.79 Å². The predicted molar refractivity (Wildman–Crippen MR) is 213 cm³/mol. The fourth-order valence-electron chi connectivity index (χ4n) is 8.91. The summed E-state index contributed by atoms with van der Waals surface area (Å²) in [7, 11) is -2.33. The quantitative estimate of drug-likeness (QED) is 0.299. The van der Waals surface area contributed by atoms with Gasteiger partial charge in [0, 0.05) is 48.5 Å². The standard InChI is InChI=1S/C41H52N6O10S/c1-4-26-21-41(26,39(50)45-58(52,53)29-12-13-29)44-37(48)32-18-28-23-47(32)38(49)36(24-9-6-7-10-24)43-40(51)46-15-14-27(22-46)56-16-8-11-25-17-30-31(19-33(25)54-3)42-35(55-5-2)20-34(30)57-28/h4,8,11,17,19-20,24,26-29,32,36H,1,5-7,9-10,12-16,18,21-23H2,2-3H3,(H,43,51)(H,44,48)(H,45,50)/b11-8+/t26?,27-,28-,32+,36+,41-/m1/s1. The van der Waals surface area contributed by atoms with Crippen molar-refractivity contribution >= 4 is 50.8 Å². The van der Waals surface area contributed by atoms with Crippen molar-refractivity contribution in [3.05, 3.63) is 42.5 Å². The Hall–Kier alpha value is -4.90. The molecule has 8 rings (SSSR count). The molecule has 6 aliphatic rings. The molecular formula is C41H52N6O10S. The van der Waals surface area contributed by atoms with Gasteiger partial charge < -0.3 is 39.4 Å². The van der Waals surface area contributed by atoms with Crippen molar-refractivity contribution in [1.29, 1.82) is 0 Å². The van der Waals surface area contributed by atoms with Crippen LogP contribution in [0.15, 0.2) is 36.9 Å². The highest BCUT2D eigenvalue weighted by atomic mass is 32.2. The number of sulfonamides is 1. The molecule has 2 aromatic rings. The number of nitrogens with zero attached hydrogens (tertiary/aromatic N) is 3. The normalized spacial score (nSPS) is 29.5. The molecule has 3 saturated carbocycles. The molecular weight excluding hydrogens is 769 g/mol. The zero-order valence-corrected chi connectivity index (χ0v) is 33.8. The van der Waals surface area contributed by atoms with E-state index in [2.05, 4.69) is 21.9 Å². The summed E-state index contributed by atoms with van der Waals surface area (Å²) >= 11 is 0. The molecule has 1 unspecified atom stereocenters. The molecule has 3 aliphatic heterocycles. The van der Waals surface area contributed by atoms with Crippen LogP contribution < -0.4 is 29.6 Å². The predicted octanol–water partition coefficient (Wildman–Crippen LogP) is 3.05. The maximum atomic E-state index is 14.9. The van der Waals surface area contributed by atoms with Gasteiger partial charge in [-0.15, -0.1) is 6.58 Å². The lowest BCUT2D eigenvalue weighted by molar-refractivity contribution is -0.142. The number of rotatable bonds is 10. The Labute approximate surface area is 338 Å². The van der Waals surface area contributed by atoms with Crippen molar-refractivity contribution in [3.8, 4) is 17.4 Å². The second-order valence-corrected chi connectivity index (χ2v) is 18.2. The number of benzene rings is 1. The van der Waals surface area contributed by atoms with E-state index in [0.717, 1.165) is 31.2 Å². The molecule has 5 amide bonds. The molecule has 312 valence electrons. The van der Waals surface area contributed by atoms with Crippen molar-refractivity contribution in [1.82, 2.24) is 30.1 Å². The van der Waals surface area contributed by atoms with E-state index in [4.69, 9.17) is 23.9 Å². The molecule has 1 aromatic carbocycles. The fourth-order valence-corrected chi connectivity index (χ4v) is 10.3. The minimum absolute atomic E-state index is 0.00746. The largest absolute Gasteiger partial charge is 0.496 e. The molecule has 3 aliphatic carbocycles. The summed E-state index contributed by atoms with van der Waals surface area (Å²) in [6, 6.07) is 2.96. The second kappa shape index (κ2) is 16.0. The highest BCUT2D eigenvalue weighted by Crippen LogP contribution is 2.46. The van der Waals surface area contributed by atoms with Crippen LogP contribution >= 0.6 is 0 Å². The molecule has 5 fully saturated rings. The van der Waals surface area contributed by atoms with Gasteiger partial charge in [-0.1, -0.05) is 31.1 Å². The van der Waals surface area contributed by atoms with Gasteiger partial charge in [0.15, 0.2) is 0 Å². The summed E-state index contributed by atoms with van der Waals surface area (Å²) in [6.07, 6.45) is 9.41. The highest BCUT2D eigenvalue weighted by Gasteiger charge is 2.62. The van der Waals surface area contributed by atoms with Crippen LogP contribution in [0, 0.1) is 11.8 Å². The summed E-state index contributed by atoms with van der Waals surface area (Å²) in [6.45, 7) is 7.12. The first-order valence-corrected chi connectivity index (χ1v) is 21.9. The molecule has 17 heteroatoms. The van der Waals surface area contributed by atoms with E-state index in [0.29, 0.717) is 73.8 Å². The monoisotopic (exact) mass is 820 g/mol. The van der Waals surface area contributed by atoms with Crippen LogP contribution in [0.3, 0.4) is 0 Å². The van der Waals surface area contributed by atoms with Crippen LogP contribution in [-0.4, -0.2) is 122 Å². The number of hydrogen-bond donors (Lipinski definition) is 3. The summed E-state index contributed by atoms with van der Waals surface area (Å²) in [5, 5.41) is 5.92. The number of nitrogens with one attached hydrogen (secondary N) is 3. The molecule has 3 N–H and O–H groups in total. The molecule has 16 nitrogen and oxygen atoms in total. The van der Waals surface area contributed by atoms with Gasteiger partial charge in [0.1, 0.15) is 35.2 Å². The smallest absolute Gasteiger partial charge is 0.318 e. The zero-order valence-electron chi connectivity index (χ0n) is 32.9. The van der Waals surface area contributed by atoms with Gasteiger partial charge >= 0.3 is 6.03 Å². The Morgan fingerprint density at radius 1 is 1.10 bits per heavy atom. The van der Waals surface area contributed by atoms with E-state index in [1.165, 1.54) is 11.0 Å². The molecule has 6 atom stereocenters. The fraction of sp³-hybridized carbons (Fsp3) is 0.585. The van der Waals surface area contributed by atoms with Gasteiger partial charge in [-0.2, -0.15) is 0 Å². The molecule has 1 aromatic heterocycles. The molecule has 2 saturated heterocycles. The zero-order chi connectivity index (χ0) is 40.8. The van der Waals surface area contributed by atoms with Crippen LogP contribution in [0.2, 0.25) is 0 Å². The number of amides is 5. The Kier molecular flexibility index (Phi) is 11.0. The number of methoxy groups -OCH3 is 1. The van der Waals surface area contributed by atoms with Gasteiger partial charge in [0.05, 0.1) is 43.7 Å². The van der Waals surface area contributed by atoms with Gasteiger partial charge in [0.2, 0.25) is 27.7 Å². The average Bonchev–Trinajstić information content (AvgIpc) is 3.97. The molecule has 0 spiro atoms. The van der Waals surface area contributed by atoms with E-state index >= 15 is 0 Å². The van der Waals surface area contributed by atoms with Gasteiger partial charge in [0.25, 0.3) is 5.91 Å². The first-order valence-electron chi connectivity index (χ1n) is 20.4. The lowest BCUT2D eigenvalue weighted by Crippen LogP contribution is -2.59. The molecule has 0 radical (unpaired) electrons. The van der Waals surface area contributed by atoms with Crippen molar-refractivity contribution in [3.63, 3.8) is 0 Å². The lowest BCUT2D eigenvalue weighted by atomic mass is 9.96. The van der Waals surface area contributed by atoms with E-state index in [1.807, 2.05) is 25.1 Å². The van der Waals surface area contributed by atoms with Crippen LogP contribution in [0.25, 0.3) is 17.0 Å². The SMILES string of the molecule is C=CC1C[C@]1(NC(=O)[C@@H]1C[C@@H]2CN1C(=O)[C@H](C1CCCC1)NC(=O)N1CC[C@H](C1)OC/C=C/c1cc3c(cc(OCC)nc3cc1OC)O2)C(=O)NS(=O)(=O)C1CC1. The minimum atomic E-state index is -3.91. The van der Waals surface area contributed by atoms with Crippen LogP contribution in [0.5, 0.6) is 17.4 Å². The number of ether oxygens (including phenoxy) is 4. The first-order chi connectivity index (χ1) is 27.9. The Morgan fingerprint density at radius 2 is 1.90 bits per heavy atom. The lowest BCUT2D eigenvalue weighted by Gasteiger charge is -2.33. The van der Waals surface area contributed by atoms with E-state index < -0.39 is 62.6 Å². The summed E-state index contributed by atoms with van der Waals surface area (Å²) in [4.78, 5) is 64.8. The Bertz CT molecular complexity index is 2120. The van der Waals surface area contributed by atoms with E-state index in [9.17, 15) is 27.6 Å². The van der Waals surface area contributed by atoms with E-state index in [-0.39, 0.29) is 37.4 Å². The Morgan fingerprint density at radius 3 is 2.60 bits per heavy atom. The number of urea groups is 1. The van der Waals surface area contributed by atoms with Crippen LogP contribution in [-0.2, 0) is 29.1 Å². The number of aromatic nitrogens is 1. The van der Waals surface area contributed by atoms with Crippen molar-refractivity contribution in [2.45, 2.75) is 99.8 Å². The highest BCUT2D eigenvalue weighted by molar-refractivity contribution is 7.91. The van der Waals surface area contributed by atoms with Crippen molar-refractivity contribution in [2.24, 2.45) is 11.8 Å². The summed E-state index contributed by atoms with van der Waals surface area (Å²) in [5.41, 5.74) is -0.261. The third-order valence-electron chi connectivity index (χ3n) is 12.4. The number of pyridine rings is 1. The van der Waals surface area contributed by atoms with Gasteiger partial charge in [-0.05, 0) is 57.4 Å². The number of carbonyl (C=O) groups excluding carboxylic acids is 4. The average molecular weight is 821 g/mol. The summed E-state index contributed by atoms with van der Waals surface area (Å²) < 4.78 is 52.3. The third kappa shape index (κ3) is 7.94. The maximum absolute atomic E-state index is 14.9. The van der Waals surface area contributed by atoms with Gasteiger partial charge in [-0.25, -0.2) is 18.2 Å². The van der Waals surface area contributed by atoms with E-state index in [1.54, 1.807) is 24.1 Å². The third-order valence-corrected chi connectivity index (χ3v) is 14.2. The number of hydrogen-bond acceptors (Lipinski definition) is 11. The molecule has 6 bridgehead atoms. The minimum Gasteiger partial charge on any atom is -0.496 e. The van der Waals surface area contributed by atoms with Crippen LogP contribution in [0.1, 0.15) is 70.3 Å². The summed E-state index contributed by atoms with van der Waals surface area (Å²) in [5.74, 6) is -1.26. The number of carbonyl (C=O) groups is 4. The molecule has 58 heavy (non-hydrogen) atoms. The maximum Gasteiger partial charge on any atom is 0.318 e. The van der Waals surface area contributed by atoms with Gasteiger partial charge in [-0.3, -0.25) is 19.1 Å².